The lowest BCUT2D eigenvalue weighted by Gasteiger charge is -2.36. The highest BCUT2D eigenvalue weighted by Crippen LogP contribution is 2.40. The molecule has 0 aromatic rings. The molecule has 1 aliphatic carbocycles. The number of rotatable bonds is 2. The van der Waals surface area contributed by atoms with Gasteiger partial charge < -0.3 is 5.32 Å². The number of nitrogens with one attached hydrogen (secondary N) is 1. The average molecular weight is 195 g/mol. The Labute approximate surface area is 88.7 Å². The summed E-state index contributed by atoms with van der Waals surface area (Å²) < 4.78 is 0. The molecule has 0 radical (unpaired) electrons. The lowest BCUT2D eigenvalue weighted by atomic mass is 9.70. The Morgan fingerprint density at radius 2 is 2.07 bits per heavy atom. The van der Waals surface area contributed by atoms with Crippen LogP contribution in [0.2, 0.25) is 0 Å². The zero-order valence-electron chi connectivity index (χ0n) is 9.81. The Morgan fingerprint density at radius 1 is 1.21 bits per heavy atom. The second-order valence-electron chi connectivity index (χ2n) is 6.16. The van der Waals surface area contributed by atoms with Gasteiger partial charge in [0.25, 0.3) is 0 Å². The molecular formula is C13H25N. The van der Waals surface area contributed by atoms with Crippen LogP contribution in [0.4, 0.5) is 0 Å². The van der Waals surface area contributed by atoms with Gasteiger partial charge in [0.15, 0.2) is 0 Å². The predicted octanol–water partition coefficient (Wildman–Crippen LogP) is 3.34. The molecule has 1 saturated carbocycles. The smallest absolute Gasteiger partial charge is 0.00701 e. The number of hydrogen-bond acceptors (Lipinski definition) is 1. The van der Waals surface area contributed by atoms with Crippen molar-refractivity contribution in [1.29, 1.82) is 0 Å². The van der Waals surface area contributed by atoms with Gasteiger partial charge in [0, 0.05) is 6.04 Å². The minimum absolute atomic E-state index is 0.627. The van der Waals surface area contributed by atoms with Crippen LogP contribution in [0.5, 0.6) is 0 Å². The van der Waals surface area contributed by atoms with Crippen molar-refractivity contribution in [3.8, 4) is 0 Å². The standard InChI is InChI=1S/C13H25N/c1-13(2)7-3-5-11(10-13)9-12-6-4-8-14-12/h11-12,14H,3-10H2,1-2H3. The van der Waals surface area contributed by atoms with E-state index in [4.69, 9.17) is 0 Å². The highest BCUT2D eigenvalue weighted by molar-refractivity contribution is 4.84. The summed E-state index contributed by atoms with van der Waals surface area (Å²) in [4.78, 5) is 0. The van der Waals surface area contributed by atoms with Crippen LogP contribution in [0.15, 0.2) is 0 Å². The molecule has 1 saturated heterocycles. The van der Waals surface area contributed by atoms with E-state index in [2.05, 4.69) is 19.2 Å². The minimum Gasteiger partial charge on any atom is -0.314 e. The van der Waals surface area contributed by atoms with E-state index in [9.17, 15) is 0 Å². The van der Waals surface area contributed by atoms with Crippen LogP contribution in [-0.4, -0.2) is 12.6 Å². The fraction of sp³-hybridized carbons (Fsp3) is 1.00. The summed E-state index contributed by atoms with van der Waals surface area (Å²) in [6, 6.07) is 0.855. The van der Waals surface area contributed by atoms with Crippen LogP contribution in [-0.2, 0) is 0 Å². The van der Waals surface area contributed by atoms with Crippen molar-refractivity contribution < 1.29 is 0 Å². The Bertz CT molecular complexity index is 180. The molecule has 82 valence electrons. The lowest BCUT2D eigenvalue weighted by Crippen LogP contribution is -2.29. The quantitative estimate of drug-likeness (QED) is 0.712. The second kappa shape index (κ2) is 4.22. The Balaban J connectivity index is 1.79. The SMILES string of the molecule is CC1(C)CCCC(CC2CCCN2)C1. The maximum atomic E-state index is 3.63. The van der Waals surface area contributed by atoms with Crippen molar-refractivity contribution in [2.45, 2.75) is 64.8 Å². The van der Waals surface area contributed by atoms with Gasteiger partial charge in [0.05, 0.1) is 0 Å². The average Bonchev–Trinajstić information content (AvgIpc) is 2.54. The molecule has 0 spiro atoms. The van der Waals surface area contributed by atoms with Crippen LogP contribution < -0.4 is 5.32 Å². The first-order chi connectivity index (χ1) is 6.66. The van der Waals surface area contributed by atoms with E-state index in [1.54, 1.807) is 0 Å². The van der Waals surface area contributed by atoms with E-state index in [1.807, 2.05) is 0 Å². The van der Waals surface area contributed by atoms with Crippen molar-refractivity contribution in [1.82, 2.24) is 5.32 Å². The summed E-state index contributed by atoms with van der Waals surface area (Å²) in [5, 5.41) is 3.63. The van der Waals surface area contributed by atoms with E-state index in [1.165, 1.54) is 51.5 Å². The first-order valence-corrected chi connectivity index (χ1v) is 6.39. The lowest BCUT2D eigenvalue weighted by molar-refractivity contribution is 0.165. The highest BCUT2D eigenvalue weighted by Gasteiger charge is 2.29. The van der Waals surface area contributed by atoms with Crippen LogP contribution in [0.25, 0.3) is 0 Å². The number of hydrogen-bond donors (Lipinski definition) is 1. The summed E-state index contributed by atoms with van der Waals surface area (Å²) in [6.45, 7) is 6.16. The molecule has 0 aromatic carbocycles. The molecule has 2 aliphatic rings. The van der Waals surface area contributed by atoms with E-state index in [-0.39, 0.29) is 0 Å². The summed E-state index contributed by atoms with van der Waals surface area (Å²) >= 11 is 0. The van der Waals surface area contributed by atoms with E-state index < -0.39 is 0 Å². The Kier molecular flexibility index (Phi) is 3.16. The molecule has 0 aromatic heterocycles. The van der Waals surface area contributed by atoms with Crippen molar-refractivity contribution in [3.05, 3.63) is 0 Å². The third-order valence-electron chi connectivity index (χ3n) is 4.09. The van der Waals surface area contributed by atoms with E-state index in [0.29, 0.717) is 5.41 Å². The maximum Gasteiger partial charge on any atom is 0.00701 e. The zero-order chi connectivity index (χ0) is 10.0. The zero-order valence-corrected chi connectivity index (χ0v) is 9.81. The molecule has 2 atom stereocenters. The molecule has 0 bridgehead atoms. The van der Waals surface area contributed by atoms with Crippen molar-refractivity contribution >= 4 is 0 Å². The van der Waals surface area contributed by atoms with Crippen LogP contribution >= 0.6 is 0 Å². The van der Waals surface area contributed by atoms with E-state index in [0.717, 1.165) is 12.0 Å². The van der Waals surface area contributed by atoms with Gasteiger partial charge in [-0.25, -0.2) is 0 Å². The molecule has 1 aliphatic heterocycles. The first-order valence-electron chi connectivity index (χ1n) is 6.39. The van der Waals surface area contributed by atoms with Crippen molar-refractivity contribution in [3.63, 3.8) is 0 Å². The normalized spacial score (nSPS) is 37.3. The fourth-order valence-corrected chi connectivity index (χ4v) is 3.42. The summed E-state index contributed by atoms with van der Waals surface area (Å²) in [5.74, 6) is 1.01. The fourth-order valence-electron chi connectivity index (χ4n) is 3.42. The summed E-state index contributed by atoms with van der Waals surface area (Å²) in [7, 11) is 0. The third kappa shape index (κ3) is 2.73. The van der Waals surface area contributed by atoms with Gasteiger partial charge in [-0.15, -0.1) is 0 Å². The molecule has 2 rings (SSSR count). The van der Waals surface area contributed by atoms with Gasteiger partial charge >= 0.3 is 0 Å². The molecule has 1 heterocycles. The van der Waals surface area contributed by atoms with Crippen LogP contribution in [0, 0.1) is 11.3 Å². The van der Waals surface area contributed by atoms with Crippen LogP contribution in [0.3, 0.4) is 0 Å². The van der Waals surface area contributed by atoms with Gasteiger partial charge in [-0.2, -0.15) is 0 Å². The van der Waals surface area contributed by atoms with E-state index >= 15 is 0 Å². The van der Waals surface area contributed by atoms with Gasteiger partial charge in [-0.05, 0) is 50.0 Å². The molecule has 1 N–H and O–H groups in total. The minimum atomic E-state index is 0.627. The molecule has 0 amide bonds. The monoisotopic (exact) mass is 195 g/mol. The molecule has 2 unspecified atom stereocenters. The molecular weight excluding hydrogens is 170 g/mol. The Morgan fingerprint density at radius 3 is 2.71 bits per heavy atom. The third-order valence-corrected chi connectivity index (χ3v) is 4.09. The largest absolute Gasteiger partial charge is 0.314 e. The maximum absolute atomic E-state index is 3.63. The molecule has 2 fully saturated rings. The molecule has 1 heteroatoms. The topological polar surface area (TPSA) is 12.0 Å². The van der Waals surface area contributed by atoms with Gasteiger partial charge in [0.1, 0.15) is 0 Å². The summed E-state index contributed by atoms with van der Waals surface area (Å²) in [6.07, 6.45) is 10.1. The molecule has 1 nitrogen and oxygen atoms in total. The van der Waals surface area contributed by atoms with Crippen LogP contribution in [0.1, 0.15) is 58.8 Å². The van der Waals surface area contributed by atoms with Crippen molar-refractivity contribution in [2.75, 3.05) is 6.54 Å². The van der Waals surface area contributed by atoms with Crippen molar-refractivity contribution in [2.24, 2.45) is 11.3 Å². The first kappa shape index (κ1) is 10.5. The molecule has 14 heavy (non-hydrogen) atoms. The highest BCUT2D eigenvalue weighted by atomic mass is 14.9. The second-order valence-corrected chi connectivity index (χ2v) is 6.16. The predicted molar refractivity (Wildman–Crippen MR) is 61.4 cm³/mol. The summed E-state index contributed by atoms with van der Waals surface area (Å²) in [5.41, 5.74) is 0.627. The van der Waals surface area contributed by atoms with Gasteiger partial charge in [-0.1, -0.05) is 26.7 Å². The Hall–Kier alpha value is -0.0400. The van der Waals surface area contributed by atoms with Gasteiger partial charge in [-0.3, -0.25) is 0 Å². The van der Waals surface area contributed by atoms with Gasteiger partial charge in [0.2, 0.25) is 0 Å².